The minimum Gasteiger partial charge on any atom is -0.494 e. The first-order valence-corrected chi connectivity index (χ1v) is 11.2. The highest BCUT2D eigenvalue weighted by Crippen LogP contribution is 2.28. The molecule has 2 heterocycles. The molecule has 31 heavy (non-hydrogen) atoms. The Balaban J connectivity index is 1.43. The Kier molecular flexibility index (Phi) is 7.10. The molecule has 166 valence electrons. The molecule has 0 N–H and O–H groups in total. The van der Waals surface area contributed by atoms with Crippen molar-refractivity contribution >= 4 is 5.97 Å². The average molecular weight is 425 g/mol. The SMILES string of the molecule is CCOc1ccc(CN2CCOc3ccc(CN4CCC[C@H]4C(=O)OC)cc3C2)cc1. The number of fused-ring (bicyclic) bond motifs is 1. The molecule has 0 spiro atoms. The molecule has 0 aliphatic carbocycles. The van der Waals surface area contributed by atoms with Gasteiger partial charge in [-0.15, -0.1) is 0 Å². The monoisotopic (exact) mass is 424 g/mol. The molecule has 0 aromatic heterocycles. The van der Waals surface area contributed by atoms with Crippen molar-refractivity contribution in [2.24, 2.45) is 0 Å². The van der Waals surface area contributed by atoms with Gasteiger partial charge in [-0.25, -0.2) is 0 Å². The second-order valence-electron chi connectivity index (χ2n) is 8.23. The predicted molar refractivity (Wildman–Crippen MR) is 119 cm³/mol. The van der Waals surface area contributed by atoms with Crippen LogP contribution in [0.2, 0.25) is 0 Å². The average Bonchev–Trinajstić information content (AvgIpc) is 3.14. The van der Waals surface area contributed by atoms with Gasteiger partial charge in [0.25, 0.3) is 0 Å². The van der Waals surface area contributed by atoms with Gasteiger partial charge in [-0.3, -0.25) is 14.6 Å². The zero-order chi connectivity index (χ0) is 21.6. The van der Waals surface area contributed by atoms with Crippen LogP contribution in [0, 0.1) is 0 Å². The van der Waals surface area contributed by atoms with Crippen molar-refractivity contribution in [1.29, 1.82) is 0 Å². The summed E-state index contributed by atoms with van der Waals surface area (Å²) in [6.07, 6.45) is 1.90. The van der Waals surface area contributed by atoms with Crippen LogP contribution in [0.4, 0.5) is 0 Å². The number of methoxy groups -OCH3 is 1. The Labute approximate surface area is 184 Å². The van der Waals surface area contributed by atoms with Gasteiger partial charge >= 0.3 is 5.97 Å². The summed E-state index contributed by atoms with van der Waals surface area (Å²) < 4.78 is 16.6. The summed E-state index contributed by atoms with van der Waals surface area (Å²) in [4.78, 5) is 16.7. The second-order valence-corrected chi connectivity index (χ2v) is 8.23. The Hall–Kier alpha value is -2.57. The van der Waals surface area contributed by atoms with Crippen molar-refractivity contribution in [3.8, 4) is 11.5 Å². The largest absolute Gasteiger partial charge is 0.494 e. The third-order valence-electron chi connectivity index (χ3n) is 6.05. The van der Waals surface area contributed by atoms with E-state index in [2.05, 4.69) is 40.1 Å². The number of hydrogen-bond donors (Lipinski definition) is 0. The fraction of sp³-hybridized carbons (Fsp3) is 0.480. The van der Waals surface area contributed by atoms with Crippen LogP contribution >= 0.6 is 0 Å². The van der Waals surface area contributed by atoms with Gasteiger partial charge in [-0.2, -0.15) is 0 Å². The summed E-state index contributed by atoms with van der Waals surface area (Å²) in [6.45, 7) is 7.64. The first kappa shape index (κ1) is 21.7. The van der Waals surface area contributed by atoms with Crippen molar-refractivity contribution in [1.82, 2.24) is 9.80 Å². The maximum absolute atomic E-state index is 12.1. The molecule has 1 atom stereocenters. The quantitative estimate of drug-likeness (QED) is 0.633. The van der Waals surface area contributed by atoms with Crippen molar-refractivity contribution in [3.63, 3.8) is 0 Å². The van der Waals surface area contributed by atoms with Crippen LogP contribution in [0.3, 0.4) is 0 Å². The van der Waals surface area contributed by atoms with E-state index in [1.54, 1.807) is 0 Å². The molecule has 4 rings (SSSR count). The van der Waals surface area contributed by atoms with Crippen molar-refractivity contribution in [3.05, 3.63) is 59.2 Å². The van der Waals surface area contributed by atoms with Crippen LogP contribution in [0.15, 0.2) is 42.5 Å². The number of ether oxygens (including phenoxy) is 3. The number of benzene rings is 2. The third kappa shape index (κ3) is 5.38. The van der Waals surface area contributed by atoms with Crippen LogP contribution in [0.1, 0.15) is 36.5 Å². The highest BCUT2D eigenvalue weighted by molar-refractivity contribution is 5.76. The Bertz CT molecular complexity index is 884. The highest BCUT2D eigenvalue weighted by atomic mass is 16.5. The zero-order valence-corrected chi connectivity index (χ0v) is 18.5. The Morgan fingerprint density at radius 1 is 1.10 bits per heavy atom. The van der Waals surface area contributed by atoms with Gasteiger partial charge in [0.2, 0.25) is 0 Å². The summed E-state index contributed by atoms with van der Waals surface area (Å²) in [5.41, 5.74) is 3.68. The first-order valence-electron chi connectivity index (χ1n) is 11.2. The number of rotatable bonds is 7. The number of nitrogens with zero attached hydrogens (tertiary/aromatic N) is 2. The number of esters is 1. The van der Waals surface area contributed by atoms with E-state index in [4.69, 9.17) is 14.2 Å². The summed E-state index contributed by atoms with van der Waals surface area (Å²) in [6, 6.07) is 14.6. The number of carbonyl (C=O) groups is 1. The lowest BCUT2D eigenvalue weighted by molar-refractivity contribution is -0.146. The molecule has 1 fully saturated rings. The first-order chi connectivity index (χ1) is 15.2. The lowest BCUT2D eigenvalue weighted by Crippen LogP contribution is -2.36. The molecule has 6 nitrogen and oxygen atoms in total. The smallest absolute Gasteiger partial charge is 0.323 e. The molecule has 2 aromatic carbocycles. The molecular formula is C25H32N2O4. The van der Waals surface area contributed by atoms with E-state index in [9.17, 15) is 4.79 Å². The molecule has 0 saturated carbocycles. The Morgan fingerprint density at radius 2 is 1.90 bits per heavy atom. The van der Waals surface area contributed by atoms with Crippen molar-refractivity contribution in [2.45, 2.75) is 45.4 Å². The van der Waals surface area contributed by atoms with Crippen LogP contribution in [-0.2, 0) is 29.2 Å². The number of likely N-dealkylation sites (tertiary alicyclic amines) is 1. The van der Waals surface area contributed by atoms with Gasteiger partial charge in [0.15, 0.2) is 0 Å². The van der Waals surface area contributed by atoms with Crippen molar-refractivity contribution in [2.75, 3.05) is 33.4 Å². The van der Waals surface area contributed by atoms with Crippen LogP contribution < -0.4 is 9.47 Å². The molecule has 2 aliphatic rings. The van der Waals surface area contributed by atoms with Gasteiger partial charge in [-0.05, 0) is 61.7 Å². The van der Waals surface area contributed by atoms with E-state index < -0.39 is 0 Å². The van der Waals surface area contributed by atoms with Crippen LogP contribution in [-0.4, -0.2) is 55.2 Å². The van der Waals surface area contributed by atoms with Gasteiger partial charge in [0, 0.05) is 31.7 Å². The van der Waals surface area contributed by atoms with E-state index in [0.717, 1.165) is 57.1 Å². The molecule has 1 saturated heterocycles. The molecule has 2 aliphatic heterocycles. The van der Waals surface area contributed by atoms with Gasteiger partial charge in [0.1, 0.15) is 24.1 Å². The lowest BCUT2D eigenvalue weighted by Gasteiger charge is -2.23. The number of hydrogen-bond acceptors (Lipinski definition) is 6. The van der Waals surface area contributed by atoms with Gasteiger partial charge < -0.3 is 14.2 Å². The highest BCUT2D eigenvalue weighted by Gasteiger charge is 2.31. The van der Waals surface area contributed by atoms with Crippen LogP contribution in [0.5, 0.6) is 11.5 Å². The Morgan fingerprint density at radius 3 is 2.68 bits per heavy atom. The fourth-order valence-corrected chi connectivity index (χ4v) is 4.50. The van der Waals surface area contributed by atoms with Crippen molar-refractivity contribution < 1.29 is 19.0 Å². The molecule has 0 unspecified atom stereocenters. The summed E-state index contributed by atoms with van der Waals surface area (Å²) in [5.74, 6) is 1.74. The minimum atomic E-state index is -0.129. The van der Waals surface area contributed by atoms with E-state index in [-0.39, 0.29) is 12.0 Å². The van der Waals surface area contributed by atoms with Gasteiger partial charge in [-0.1, -0.05) is 18.2 Å². The topological polar surface area (TPSA) is 51.2 Å². The molecular weight excluding hydrogens is 392 g/mol. The number of carbonyl (C=O) groups excluding carboxylic acids is 1. The van der Waals surface area contributed by atoms with E-state index >= 15 is 0 Å². The molecule has 0 amide bonds. The molecule has 0 bridgehead atoms. The lowest BCUT2D eigenvalue weighted by atomic mass is 10.1. The predicted octanol–water partition coefficient (Wildman–Crippen LogP) is 3.62. The second kappa shape index (κ2) is 10.2. The van der Waals surface area contributed by atoms with Gasteiger partial charge in [0.05, 0.1) is 13.7 Å². The van der Waals surface area contributed by atoms with E-state index in [1.165, 1.54) is 23.8 Å². The van der Waals surface area contributed by atoms with Crippen LogP contribution in [0.25, 0.3) is 0 Å². The summed E-state index contributed by atoms with van der Waals surface area (Å²) in [7, 11) is 1.47. The third-order valence-corrected chi connectivity index (χ3v) is 6.05. The molecule has 2 aromatic rings. The minimum absolute atomic E-state index is 0.128. The normalized spacial score (nSPS) is 19.4. The van der Waals surface area contributed by atoms with E-state index in [1.807, 2.05) is 19.1 Å². The van der Waals surface area contributed by atoms with E-state index in [0.29, 0.717) is 13.2 Å². The molecule has 0 radical (unpaired) electrons. The zero-order valence-electron chi connectivity index (χ0n) is 18.5. The fourth-order valence-electron chi connectivity index (χ4n) is 4.50. The standard InChI is InChI=1S/C25H32N2O4/c1-3-30-22-9-6-19(7-10-22)16-26-13-14-31-24-11-8-20(15-21(24)18-26)17-27-12-4-5-23(27)25(28)29-2/h6-11,15,23H,3-5,12-14,16-18H2,1-2H3/t23-/m0/s1. The molecule has 6 heteroatoms. The maximum Gasteiger partial charge on any atom is 0.323 e. The maximum atomic E-state index is 12.1. The summed E-state index contributed by atoms with van der Waals surface area (Å²) in [5, 5.41) is 0. The summed E-state index contributed by atoms with van der Waals surface area (Å²) >= 11 is 0.